The fourth-order valence-electron chi connectivity index (χ4n) is 1.71. The first-order chi connectivity index (χ1) is 10.1. The van der Waals surface area contributed by atoms with Crippen molar-refractivity contribution in [3.63, 3.8) is 0 Å². The molecule has 2 aromatic rings. The van der Waals surface area contributed by atoms with Crippen LogP contribution in [0.15, 0.2) is 65.3 Å². The number of hydrogen-bond acceptors (Lipinski definition) is 2. The van der Waals surface area contributed by atoms with E-state index in [9.17, 15) is 9.18 Å². The summed E-state index contributed by atoms with van der Waals surface area (Å²) in [6, 6.07) is 15.1. The van der Waals surface area contributed by atoms with Crippen molar-refractivity contribution in [2.75, 3.05) is 0 Å². The fourth-order valence-corrected chi connectivity index (χ4v) is 1.71. The molecule has 0 aliphatic heterocycles. The van der Waals surface area contributed by atoms with E-state index in [1.165, 1.54) is 24.3 Å². The van der Waals surface area contributed by atoms with Crippen LogP contribution in [-0.2, 0) is 0 Å². The summed E-state index contributed by atoms with van der Waals surface area (Å²) in [7, 11) is 0. The van der Waals surface area contributed by atoms with Gasteiger partial charge in [0.05, 0.1) is 6.21 Å². The van der Waals surface area contributed by atoms with Crippen molar-refractivity contribution in [2.45, 2.75) is 6.92 Å². The number of benzene rings is 2. The molecule has 0 heterocycles. The van der Waals surface area contributed by atoms with Gasteiger partial charge in [-0.25, -0.2) is 9.82 Å². The third kappa shape index (κ3) is 4.69. The number of amides is 1. The van der Waals surface area contributed by atoms with Gasteiger partial charge < -0.3 is 0 Å². The zero-order valence-electron chi connectivity index (χ0n) is 11.6. The van der Waals surface area contributed by atoms with Crippen LogP contribution in [0.5, 0.6) is 0 Å². The average molecular weight is 282 g/mol. The predicted octanol–water partition coefficient (Wildman–Crippen LogP) is 3.64. The quantitative estimate of drug-likeness (QED) is 0.675. The van der Waals surface area contributed by atoms with Crippen LogP contribution < -0.4 is 5.43 Å². The van der Waals surface area contributed by atoms with E-state index in [0.29, 0.717) is 5.56 Å². The number of hydrazone groups is 1. The number of nitrogens with one attached hydrogen (secondary N) is 1. The molecule has 0 aromatic heterocycles. The number of carbonyl (C=O) groups excluding carboxylic acids is 1. The SMILES string of the molecule is CC(C=NNC(=O)c1ccc(F)cc1)=Cc1ccccc1. The lowest BCUT2D eigenvalue weighted by molar-refractivity contribution is 0.0955. The van der Waals surface area contributed by atoms with Crippen LogP contribution in [0.1, 0.15) is 22.8 Å². The molecule has 0 atom stereocenters. The second-order valence-electron chi connectivity index (χ2n) is 4.51. The van der Waals surface area contributed by atoms with Crippen molar-refractivity contribution in [3.8, 4) is 0 Å². The summed E-state index contributed by atoms with van der Waals surface area (Å²) in [5.74, 6) is -0.754. The zero-order valence-corrected chi connectivity index (χ0v) is 11.6. The maximum absolute atomic E-state index is 12.7. The Hall–Kier alpha value is -2.75. The number of hydrogen-bond donors (Lipinski definition) is 1. The van der Waals surface area contributed by atoms with Crippen molar-refractivity contribution in [2.24, 2.45) is 5.10 Å². The largest absolute Gasteiger partial charge is 0.271 e. The van der Waals surface area contributed by atoms with Gasteiger partial charge in [0.1, 0.15) is 5.82 Å². The number of nitrogens with zero attached hydrogens (tertiary/aromatic N) is 1. The summed E-state index contributed by atoms with van der Waals surface area (Å²) < 4.78 is 12.7. The average Bonchev–Trinajstić information content (AvgIpc) is 2.49. The Bertz CT molecular complexity index is 661. The van der Waals surface area contributed by atoms with Gasteiger partial charge in [0, 0.05) is 5.56 Å². The highest BCUT2D eigenvalue weighted by Gasteiger charge is 2.03. The van der Waals surface area contributed by atoms with Gasteiger partial charge in [-0.2, -0.15) is 5.10 Å². The molecule has 106 valence electrons. The van der Waals surface area contributed by atoms with Crippen LogP contribution in [0.25, 0.3) is 6.08 Å². The van der Waals surface area contributed by atoms with Crippen LogP contribution in [0.2, 0.25) is 0 Å². The molecule has 0 bridgehead atoms. The molecule has 4 heteroatoms. The Morgan fingerprint density at radius 1 is 1.10 bits per heavy atom. The van der Waals surface area contributed by atoms with Gasteiger partial charge in [0.15, 0.2) is 0 Å². The zero-order chi connectivity index (χ0) is 15.1. The smallest absolute Gasteiger partial charge is 0.267 e. The van der Waals surface area contributed by atoms with Crippen LogP contribution >= 0.6 is 0 Å². The van der Waals surface area contributed by atoms with Gasteiger partial charge in [-0.15, -0.1) is 0 Å². The molecule has 3 nitrogen and oxygen atoms in total. The van der Waals surface area contributed by atoms with Crippen molar-refractivity contribution in [1.29, 1.82) is 0 Å². The lowest BCUT2D eigenvalue weighted by Gasteiger charge is -1.99. The summed E-state index contributed by atoms with van der Waals surface area (Å²) in [5.41, 5.74) is 4.73. The number of rotatable bonds is 4. The third-order valence-corrected chi connectivity index (χ3v) is 2.73. The molecule has 0 fully saturated rings. The standard InChI is InChI=1S/C17H15FN2O/c1-13(11-14-5-3-2-4-6-14)12-19-20-17(21)15-7-9-16(18)10-8-15/h2-12H,1H3,(H,20,21). The lowest BCUT2D eigenvalue weighted by atomic mass is 10.1. The Kier molecular flexibility index (Phi) is 4.99. The second-order valence-corrected chi connectivity index (χ2v) is 4.51. The minimum absolute atomic E-state index is 0.359. The predicted molar refractivity (Wildman–Crippen MR) is 82.5 cm³/mol. The normalized spacial score (nSPS) is 11.6. The molecule has 1 amide bonds. The maximum atomic E-state index is 12.7. The van der Waals surface area contributed by atoms with Crippen molar-refractivity contribution >= 4 is 18.2 Å². The minimum atomic E-state index is -0.378. The van der Waals surface area contributed by atoms with Crippen LogP contribution in [0.4, 0.5) is 4.39 Å². The third-order valence-electron chi connectivity index (χ3n) is 2.73. The molecular weight excluding hydrogens is 267 g/mol. The molecule has 0 aliphatic carbocycles. The highest BCUT2D eigenvalue weighted by atomic mass is 19.1. The summed E-state index contributed by atoms with van der Waals surface area (Å²) in [6.07, 6.45) is 3.52. The van der Waals surface area contributed by atoms with Crippen molar-refractivity contribution in [3.05, 3.63) is 77.1 Å². The van der Waals surface area contributed by atoms with E-state index in [0.717, 1.165) is 11.1 Å². The molecule has 0 unspecified atom stereocenters. The van der Waals surface area contributed by atoms with Gasteiger partial charge in [-0.3, -0.25) is 4.79 Å². The summed E-state index contributed by atoms with van der Waals surface area (Å²) in [4.78, 5) is 11.7. The van der Waals surface area contributed by atoms with E-state index in [2.05, 4.69) is 10.5 Å². The molecule has 2 aromatic carbocycles. The molecule has 0 saturated carbocycles. The van der Waals surface area contributed by atoms with E-state index in [4.69, 9.17) is 0 Å². The van der Waals surface area contributed by atoms with Gasteiger partial charge in [0.2, 0.25) is 0 Å². The minimum Gasteiger partial charge on any atom is -0.267 e. The Morgan fingerprint density at radius 2 is 1.76 bits per heavy atom. The van der Waals surface area contributed by atoms with Crippen LogP contribution in [0, 0.1) is 5.82 Å². The number of allylic oxidation sites excluding steroid dienone is 1. The van der Waals surface area contributed by atoms with Crippen LogP contribution in [0.3, 0.4) is 0 Å². The lowest BCUT2D eigenvalue weighted by Crippen LogP contribution is -2.17. The van der Waals surface area contributed by atoms with Crippen LogP contribution in [-0.4, -0.2) is 12.1 Å². The number of halogens is 1. The molecular formula is C17H15FN2O. The monoisotopic (exact) mass is 282 g/mol. The molecule has 21 heavy (non-hydrogen) atoms. The molecule has 0 aliphatic rings. The molecule has 0 radical (unpaired) electrons. The van der Waals surface area contributed by atoms with Gasteiger partial charge in [-0.05, 0) is 42.3 Å². The summed E-state index contributed by atoms with van der Waals surface area (Å²) in [6.45, 7) is 1.89. The highest BCUT2D eigenvalue weighted by molar-refractivity contribution is 5.95. The topological polar surface area (TPSA) is 41.5 Å². The fraction of sp³-hybridized carbons (Fsp3) is 0.0588. The Balaban J connectivity index is 1.94. The Morgan fingerprint density at radius 3 is 2.43 bits per heavy atom. The maximum Gasteiger partial charge on any atom is 0.271 e. The van der Waals surface area contributed by atoms with E-state index >= 15 is 0 Å². The first-order valence-corrected chi connectivity index (χ1v) is 6.47. The van der Waals surface area contributed by atoms with Gasteiger partial charge in [-0.1, -0.05) is 36.4 Å². The van der Waals surface area contributed by atoms with E-state index < -0.39 is 0 Å². The van der Waals surface area contributed by atoms with E-state index in [1.807, 2.05) is 43.3 Å². The van der Waals surface area contributed by atoms with Gasteiger partial charge in [0.25, 0.3) is 5.91 Å². The molecule has 0 spiro atoms. The number of carbonyl (C=O) groups is 1. The second kappa shape index (κ2) is 7.14. The highest BCUT2D eigenvalue weighted by Crippen LogP contribution is 2.05. The van der Waals surface area contributed by atoms with Gasteiger partial charge >= 0.3 is 0 Å². The van der Waals surface area contributed by atoms with Crippen molar-refractivity contribution in [1.82, 2.24) is 5.43 Å². The summed E-state index contributed by atoms with van der Waals surface area (Å²) in [5, 5.41) is 3.88. The first kappa shape index (κ1) is 14.7. The van der Waals surface area contributed by atoms with Crippen molar-refractivity contribution < 1.29 is 9.18 Å². The van der Waals surface area contributed by atoms with E-state index in [1.54, 1.807) is 6.21 Å². The van der Waals surface area contributed by atoms with E-state index in [-0.39, 0.29) is 11.7 Å². The molecule has 1 N–H and O–H groups in total. The first-order valence-electron chi connectivity index (χ1n) is 6.47. The summed E-state index contributed by atoms with van der Waals surface area (Å²) >= 11 is 0. The Labute approximate surface area is 122 Å². The molecule has 2 rings (SSSR count). The molecule has 0 saturated heterocycles.